The number of imidazole rings is 1. The van der Waals surface area contributed by atoms with Gasteiger partial charge in [0, 0.05) is 0 Å². The Morgan fingerprint density at radius 2 is 1.61 bits per heavy atom. The number of aryl methyl sites for hydroxylation is 2. The summed E-state index contributed by atoms with van der Waals surface area (Å²) in [5, 5.41) is 0. The molecule has 6 nitrogen and oxygen atoms in total. The molecule has 136 valence electrons. The number of rotatable bonds is 11. The van der Waals surface area contributed by atoms with Crippen LogP contribution >= 0.6 is 0 Å². The predicted octanol–water partition coefficient (Wildman–Crippen LogP) is 2.94. The Labute approximate surface area is 141 Å². The molecule has 0 aromatic carbocycles. The van der Waals surface area contributed by atoms with Crippen LogP contribution in [0.1, 0.15) is 65.2 Å². The van der Waals surface area contributed by atoms with Crippen LogP contribution < -0.4 is 4.57 Å². The van der Waals surface area contributed by atoms with Crippen LogP contribution in [0.2, 0.25) is 0 Å². The van der Waals surface area contributed by atoms with Crippen molar-refractivity contribution >= 4 is 10.4 Å². The molecule has 1 rings (SSSR count). The van der Waals surface area contributed by atoms with Gasteiger partial charge in [-0.3, -0.25) is 4.18 Å². The molecule has 0 aliphatic heterocycles. The van der Waals surface area contributed by atoms with Gasteiger partial charge in [-0.1, -0.05) is 45.4 Å². The largest absolute Gasteiger partial charge is 0.726 e. The van der Waals surface area contributed by atoms with Crippen molar-refractivity contribution in [3.8, 4) is 0 Å². The molecule has 0 amide bonds. The lowest BCUT2D eigenvalue weighted by atomic mass is 10.1. The minimum absolute atomic E-state index is 0.0914. The van der Waals surface area contributed by atoms with E-state index in [9.17, 15) is 13.0 Å². The van der Waals surface area contributed by atoms with E-state index in [4.69, 9.17) is 0 Å². The maximum atomic E-state index is 9.45. The molecule has 0 atom stereocenters. The van der Waals surface area contributed by atoms with Gasteiger partial charge >= 0.3 is 0 Å². The van der Waals surface area contributed by atoms with Gasteiger partial charge in [0.1, 0.15) is 12.4 Å². The van der Waals surface area contributed by atoms with Gasteiger partial charge in [-0.2, -0.15) is 0 Å². The molecule has 0 saturated carbocycles. The number of nitrogens with zero attached hydrogens (tertiary/aromatic N) is 2. The zero-order valence-electron chi connectivity index (χ0n) is 14.7. The summed E-state index contributed by atoms with van der Waals surface area (Å²) in [6.07, 6.45) is 17.6. The van der Waals surface area contributed by atoms with Crippen molar-refractivity contribution in [3.63, 3.8) is 0 Å². The van der Waals surface area contributed by atoms with Gasteiger partial charge in [0.25, 0.3) is 0 Å². The molecular formula is C16H32N2O4S. The van der Waals surface area contributed by atoms with Gasteiger partial charge in [-0.25, -0.2) is 17.6 Å². The van der Waals surface area contributed by atoms with Crippen molar-refractivity contribution in [2.24, 2.45) is 7.05 Å². The first-order chi connectivity index (χ1) is 10.9. The Bertz CT molecular complexity index is 486. The highest BCUT2D eigenvalue weighted by Crippen LogP contribution is 2.08. The zero-order chi connectivity index (χ0) is 17.6. The highest BCUT2D eigenvalue weighted by molar-refractivity contribution is 7.80. The first-order valence-electron chi connectivity index (χ1n) is 8.50. The summed E-state index contributed by atoms with van der Waals surface area (Å²) in [6, 6.07) is 0. The van der Waals surface area contributed by atoms with Crippen molar-refractivity contribution in [1.82, 2.24) is 4.57 Å². The molecule has 7 heteroatoms. The topological polar surface area (TPSA) is 75.2 Å². The Balaban J connectivity index is 0.000000585. The second-order valence-corrected chi connectivity index (χ2v) is 6.66. The van der Waals surface area contributed by atoms with Crippen molar-refractivity contribution in [1.29, 1.82) is 0 Å². The van der Waals surface area contributed by atoms with E-state index in [1.54, 1.807) is 0 Å². The molecule has 0 aliphatic rings. The van der Waals surface area contributed by atoms with Crippen molar-refractivity contribution in [2.45, 2.75) is 71.8 Å². The van der Waals surface area contributed by atoms with Crippen LogP contribution in [0.25, 0.3) is 0 Å². The van der Waals surface area contributed by atoms with Gasteiger partial charge in [0.2, 0.25) is 16.7 Å². The van der Waals surface area contributed by atoms with E-state index in [1.807, 2.05) is 0 Å². The van der Waals surface area contributed by atoms with Gasteiger partial charge in [0.15, 0.2) is 0 Å². The zero-order valence-corrected chi connectivity index (χ0v) is 15.6. The lowest BCUT2D eigenvalue weighted by Crippen LogP contribution is -2.30. The highest BCUT2D eigenvalue weighted by Gasteiger charge is 1.99. The Morgan fingerprint density at radius 3 is 2.00 bits per heavy atom. The lowest BCUT2D eigenvalue weighted by molar-refractivity contribution is -0.696. The number of hydrogen-bond donors (Lipinski definition) is 0. The van der Waals surface area contributed by atoms with Crippen molar-refractivity contribution in [2.75, 3.05) is 6.61 Å². The monoisotopic (exact) mass is 348 g/mol. The summed E-state index contributed by atoms with van der Waals surface area (Å²) in [6.45, 7) is 4.79. The molecule has 0 saturated heterocycles. The van der Waals surface area contributed by atoms with Crippen LogP contribution in [0, 0.1) is 0 Å². The number of hydrogen-bond acceptors (Lipinski definition) is 4. The summed E-state index contributed by atoms with van der Waals surface area (Å²) in [5.74, 6) is 0. The SMILES string of the molecule is CCCCCCCCCC[n+]1ccn(C)c1.CCOS(=O)(=O)[O-]. The van der Waals surface area contributed by atoms with Gasteiger partial charge in [0.05, 0.1) is 20.2 Å². The third-order valence-electron chi connectivity index (χ3n) is 3.36. The summed E-state index contributed by atoms with van der Waals surface area (Å²) in [4.78, 5) is 0. The summed E-state index contributed by atoms with van der Waals surface area (Å²) >= 11 is 0. The lowest BCUT2D eigenvalue weighted by Gasteiger charge is -2.02. The molecule has 0 N–H and O–H groups in total. The first-order valence-corrected chi connectivity index (χ1v) is 9.83. The summed E-state index contributed by atoms with van der Waals surface area (Å²) in [5.41, 5.74) is 0. The fraction of sp³-hybridized carbons (Fsp3) is 0.812. The van der Waals surface area contributed by atoms with Crippen molar-refractivity contribution in [3.05, 3.63) is 18.7 Å². The molecule has 0 unspecified atom stereocenters. The fourth-order valence-corrected chi connectivity index (χ4v) is 2.50. The van der Waals surface area contributed by atoms with Crippen LogP contribution in [0.3, 0.4) is 0 Å². The minimum atomic E-state index is -4.42. The average Bonchev–Trinajstić information content (AvgIpc) is 2.87. The van der Waals surface area contributed by atoms with Crippen LogP contribution in [0.15, 0.2) is 18.7 Å². The third kappa shape index (κ3) is 15.7. The molecule has 0 radical (unpaired) electrons. The molecular weight excluding hydrogens is 316 g/mol. The van der Waals surface area contributed by atoms with E-state index in [1.165, 1.54) is 64.8 Å². The number of aromatic nitrogens is 2. The van der Waals surface area contributed by atoms with Crippen molar-refractivity contribution < 1.29 is 21.7 Å². The molecule has 0 spiro atoms. The van der Waals surface area contributed by atoms with E-state index in [0.717, 1.165) is 0 Å². The Kier molecular flexibility index (Phi) is 13.0. The molecule has 0 fully saturated rings. The quantitative estimate of drug-likeness (QED) is 0.267. The van der Waals surface area contributed by atoms with Gasteiger partial charge in [-0.05, 0) is 19.8 Å². The van der Waals surface area contributed by atoms with Crippen LogP contribution in [0.4, 0.5) is 0 Å². The smallest absolute Gasteiger partial charge is 0.243 e. The second-order valence-electron chi connectivity index (χ2n) is 5.61. The molecule has 23 heavy (non-hydrogen) atoms. The summed E-state index contributed by atoms with van der Waals surface area (Å²) in [7, 11) is -2.35. The Morgan fingerprint density at radius 1 is 1.04 bits per heavy atom. The van der Waals surface area contributed by atoms with E-state index in [-0.39, 0.29) is 6.61 Å². The van der Waals surface area contributed by atoms with E-state index in [2.05, 4.69) is 46.0 Å². The maximum Gasteiger partial charge on any atom is 0.243 e. The van der Waals surface area contributed by atoms with E-state index in [0.29, 0.717) is 0 Å². The normalized spacial score (nSPS) is 11.1. The summed E-state index contributed by atoms with van der Waals surface area (Å²) < 4.78 is 36.4. The molecule has 0 bridgehead atoms. The van der Waals surface area contributed by atoms with Crippen LogP contribution in [0.5, 0.6) is 0 Å². The maximum absolute atomic E-state index is 9.45. The van der Waals surface area contributed by atoms with Crippen LogP contribution in [-0.4, -0.2) is 24.1 Å². The highest BCUT2D eigenvalue weighted by atomic mass is 32.3. The standard InChI is InChI=1S/C14H27N2.C2H6O4S/c1-3-4-5-6-7-8-9-10-11-16-13-12-15(2)14-16;1-2-6-7(3,4)5/h12-14H,3-11H2,1-2H3;2H2,1H3,(H,3,4,5)/q+1;/p-1. The minimum Gasteiger partial charge on any atom is -0.726 e. The van der Waals surface area contributed by atoms with Gasteiger partial charge < -0.3 is 4.55 Å². The molecule has 1 aromatic rings. The molecule has 0 aliphatic carbocycles. The van der Waals surface area contributed by atoms with Gasteiger partial charge in [-0.15, -0.1) is 0 Å². The van der Waals surface area contributed by atoms with Crippen LogP contribution in [-0.2, 0) is 28.2 Å². The predicted molar refractivity (Wildman–Crippen MR) is 89.5 cm³/mol. The average molecular weight is 349 g/mol. The molecule has 1 aromatic heterocycles. The first kappa shape index (κ1) is 22.1. The number of unbranched alkanes of at least 4 members (excludes halogenated alkanes) is 7. The Hall–Kier alpha value is -0.920. The molecule has 1 heterocycles. The van der Waals surface area contributed by atoms with E-state index < -0.39 is 10.4 Å². The fourth-order valence-electron chi connectivity index (χ4n) is 2.21. The second kappa shape index (κ2) is 13.5. The van der Waals surface area contributed by atoms with E-state index >= 15 is 0 Å². The third-order valence-corrected chi connectivity index (χ3v) is 3.88.